The molecule has 52 valence electrons. The van der Waals surface area contributed by atoms with Crippen LogP contribution in [0.3, 0.4) is 0 Å². The van der Waals surface area contributed by atoms with E-state index in [2.05, 4.69) is 24.4 Å². The Morgan fingerprint density at radius 2 is 1.50 bits per heavy atom. The Hall–Kier alpha value is -0.760. The molecule has 0 spiro atoms. The van der Waals surface area contributed by atoms with Gasteiger partial charge in [0, 0.05) is 4.31 Å². The highest BCUT2D eigenvalue weighted by atomic mass is 32.1. The van der Waals surface area contributed by atoms with Gasteiger partial charge in [0.2, 0.25) is 0 Å². The van der Waals surface area contributed by atoms with Crippen LogP contribution in [-0.4, -0.2) is 9.42 Å². The lowest BCUT2D eigenvalue weighted by atomic mass is 10.3. The van der Waals surface area contributed by atoms with Gasteiger partial charge in [-0.1, -0.05) is 18.2 Å². The van der Waals surface area contributed by atoms with Gasteiger partial charge >= 0.3 is 0 Å². The number of para-hydroxylation sites is 1. The second kappa shape index (κ2) is 6.36. The lowest BCUT2D eigenvalue weighted by Crippen LogP contribution is -1.56. The Morgan fingerprint density at radius 3 is 1.70 bits per heavy atom. The molecule has 1 N–H and O–H groups in total. The molecular weight excluding hydrogens is 164 g/mol. The normalized spacial score (nSPS) is 6.80. The zero-order chi connectivity index (χ0) is 7.82. The Labute approximate surface area is 70.3 Å². The van der Waals surface area contributed by atoms with Crippen molar-refractivity contribution in [1.82, 2.24) is 0 Å². The summed E-state index contributed by atoms with van der Waals surface area (Å²) in [6, 6.07) is 8.71. The van der Waals surface area contributed by atoms with Crippen LogP contribution in [0.4, 0.5) is 0 Å². The third-order valence-electron chi connectivity index (χ3n) is 0.756. The third-order valence-corrected chi connectivity index (χ3v) is 0.756. The van der Waals surface area contributed by atoms with Crippen molar-refractivity contribution < 1.29 is 5.11 Å². The van der Waals surface area contributed by atoms with Crippen LogP contribution in [0.15, 0.2) is 30.3 Å². The Morgan fingerprint density at radius 1 is 1.10 bits per heavy atom. The van der Waals surface area contributed by atoms with Gasteiger partial charge in [-0.2, -0.15) is 0 Å². The fourth-order valence-electron chi connectivity index (χ4n) is 0.428. The minimum atomic E-state index is 0.322. The number of thiocarbonyl (C=S) groups is 2. The molecule has 0 heterocycles. The zero-order valence-electron chi connectivity index (χ0n) is 5.15. The predicted molar refractivity (Wildman–Crippen MR) is 48.3 cm³/mol. The molecule has 0 aromatic heterocycles. The highest BCUT2D eigenvalue weighted by Gasteiger charge is 1.74. The molecule has 1 aromatic rings. The number of phenolic OH excluding ortho intramolecular Hbond substituents is 1. The van der Waals surface area contributed by atoms with Gasteiger partial charge in [0.1, 0.15) is 5.75 Å². The van der Waals surface area contributed by atoms with E-state index in [4.69, 9.17) is 5.11 Å². The molecule has 0 aliphatic carbocycles. The largest absolute Gasteiger partial charge is 0.508 e. The molecule has 1 nitrogen and oxygen atoms in total. The first-order chi connectivity index (χ1) is 4.81. The molecule has 0 amide bonds. The van der Waals surface area contributed by atoms with Gasteiger partial charge in [0.15, 0.2) is 0 Å². The monoisotopic (exact) mass is 170 g/mol. The Balaban J connectivity index is 0.000000236. The van der Waals surface area contributed by atoms with E-state index in [0.29, 0.717) is 5.75 Å². The van der Waals surface area contributed by atoms with Crippen molar-refractivity contribution in [2.24, 2.45) is 0 Å². The van der Waals surface area contributed by atoms with E-state index in [9.17, 15) is 0 Å². The second-order valence-electron chi connectivity index (χ2n) is 1.42. The number of hydrogen-bond donors (Lipinski definition) is 1. The van der Waals surface area contributed by atoms with Crippen molar-refractivity contribution in [3.8, 4) is 5.75 Å². The van der Waals surface area contributed by atoms with Gasteiger partial charge in [-0.05, 0) is 36.6 Å². The van der Waals surface area contributed by atoms with Crippen molar-refractivity contribution in [3.05, 3.63) is 30.3 Å². The van der Waals surface area contributed by atoms with E-state index >= 15 is 0 Å². The number of phenols is 1. The van der Waals surface area contributed by atoms with Crippen LogP contribution in [0.2, 0.25) is 0 Å². The topological polar surface area (TPSA) is 20.2 Å². The van der Waals surface area contributed by atoms with E-state index < -0.39 is 0 Å². The maximum Gasteiger partial charge on any atom is 0.115 e. The highest BCUT2D eigenvalue weighted by molar-refractivity contribution is 7.93. The summed E-state index contributed by atoms with van der Waals surface area (Å²) in [5, 5.41) is 8.63. The minimum absolute atomic E-state index is 0.322. The van der Waals surface area contributed by atoms with E-state index in [0.717, 1.165) is 0 Å². The van der Waals surface area contributed by atoms with E-state index in [-0.39, 0.29) is 0 Å². The number of hydrogen-bond acceptors (Lipinski definition) is 3. The Bertz CT molecular complexity index is 202. The van der Waals surface area contributed by atoms with Crippen molar-refractivity contribution in [3.63, 3.8) is 0 Å². The lowest BCUT2D eigenvalue weighted by molar-refractivity contribution is 0.475. The van der Waals surface area contributed by atoms with Gasteiger partial charge in [0.25, 0.3) is 0 Å². The molecule has 0 aliphatic rings. The van der Waals surface area contributed by atoms with Gasteiger partial charge in [-0.3, -0.25) is 0 Å². The van der Waals surface area contributed by atoms with Crippen LogP contribution < -0.4 is 0 Å². The molecule has 0 radical (unpaired) electrons. The molecule has 3 heteroatoms. The molecule has 1 aromatic carbocycles. The van der Waals surface area contributed by atoms with Gasteiger partial charge < -0.3 is 5.11 Å². The van der Waals surface area contributed by atoms with Crippen LogP contribution in [0.5, 0.6) is 5.75 Å². The third kappa shape index (κ3) is 5.38. The summed E-state index contributed by atoms with van der Waals surface area (Å²) in [6.45, 7) is 0. The summed E-state index contributed by atoms with van der Waals surface area (Å²) in [7, 11) is 0. The first kappa shape index (κ1) is 9.24. The quantitative estimate of drug-likeness (QED) is 0.604. The lowest BCUT2D eigenvalue weighted by Gasteiger charge is -1.82. The molecular formula is C7H6OS2. The second-order valence-corrected chi connectivity index (χ2v) is 2.09. The van der Waals surface area contributed by atoms with E-state index in [1.165, 1.54) is 0 Å². The maximum atomic E-state index is 8.63. The highest BCUT2D eigenvalue weighted by Crippen LogP contribution is 2.02. The molecule has 0 unspecified atom stereocenters. The van der Waals surface area contributed by atoms with Crippen molar-refractivity contribution in [2.75, 3.05) is 0 Å². The van der Waals surface area contributed by atoms with Crippen LogP contribution in [-0.2, 0) is 0 Å². The van der Waals surface area contributed by atoms with Crippen LogP contribution in [0, 0.1) is 0 Å². The summed E-state index contributed by atoms with van der Waals surface area (Å²) in [6.07, 6.45) is 0. The molecule has 0 saturated heterocycles. The maximum absolute atomic E-state index is 8.63. The summed E-state index contributed by atoms with van der Waals surface area (Å²) in [5.41, 5.74) is 0. The first-order valence-electron chi connectivity index (χ1n) is 2.54. The average molecular weight is 170 g/mol. The standard InChI is InChI=1S/C6H6O.CS2/c7-6-4-2-1-3-5-6;2-1-3/h1-5,7H;. The van der Waals surface area contributed by atoms with Crippen LogP contribution in [0.25, 0.3) is 0 Å². The molecule has 0 fully saturated rings. The first-order valence-corrected chi connectivity index (χ1v) is 3.36. The van der Waals surface area contributed by atoms with Gasteiger partial charge in [-0.15, -0.1) is 0 Å². The predicted octanol–water partition coefficient (Wildman–Crippen LogP) is 2.41. The molecule has 0 bridgehead atoms. The molecule has 0 saturated carbocycles. The number of benzene rings is 1. The van der Waals surface area contributed by atoms with Crippen molar-refractivity contribution in [1.29, 1.82) is 0 Å². The number of rotatable bonds is 0. The summed E-state index contributed by atoms with van der Waals surface area (Å²) in [5.74, 6) is 0.322. The molecule has 0 aliphatic heterocycles. The summed E-state index contributed by atoms with van der Waals surface area (Å²) in [4.78, 5) is 0. The fraction of sp³-hybridized carbons (Fsp3) is 0. The smallest absolute Gasteiger partial charge is 0.115 e. The zero-order valence-corrected chi connectivity index (χ0v) is 6.78. The summed E-state index contributed by atoms with van der Waals surface area (Å²) < 4.78 is 1.92. The van der Waals surface area contributed by atoms with Gasteiger partial charge in [-0.25, -0.2) is 0 Å². The SMILES string of the molecule is Oc1ccccc1.S=C=S. The van der Waals surface area contributed by atoms with Gasteiger partial charge in [0.05, 0.1) is 0 Å². The van der Waals surface area contributed by atoms with E-state index in [1.54, 1.807) is 24.3 Å². The average Bonchev–Trinajstić information content (AvgIpc) is 1.91. The van der Waals surface area contributed by atoms with Crippen LogP contribution >= 0.6 is 24.4 Å². The molecule has 10 heavy (non-hydrogen) atoms. The molecule has 1 rings (SSSR count). The molecule has 0 atom stereocenters. The van der Waals surface area contributed by atoms with Crippen molar-refractivity contribution in [2.45, 2.75) is 0 Å². The minimum Gasteiger partial charge on any atom is -0.508 e. The Kier molecular flexibility index (Phi) is 5.88. The van der Waals surface area contributed by atoms with Crippen molar-refractivity contribution >= 4 is 28.7 Å². The fourth-order valence-corrected chi connectivity index (χ4v) is 0.428. The summed E-state index contributed by atoms with van der Waals surface area (Å²) >= 11 is 7.92. The van der Waals surface area contributed by atoms with E-state index in [1.807, 2.05) is 10.4 Å². The number of aromatic hydroxyl groups is 1. The van der Waals surface area contributed by atoms with Crippen LogP contribution in [0.1, 0.15) is 0 Å².